The lowest BCUT2D eigenvalue weighted by atomic mass is 10.1. The Bertz CT molecular complexity index is 1140. The van der Waals surface area contributed by atoms with Gasteiger partial charge in [-0.25, -0.2) is 8.42 Å². The summed E-state index contributed by atoms with van der Waals surface area (Å²) in [6, 6.07) is 11.2. The third-order valence-corrected chi connectivity index (χ3v) is 7.40. The number of hydrogen-bond acceptors (Lipinski definition) is 5. The molecule has 0 aliphatic heterocycles. The van der Waals surface area contributed by atoms with E-state index in [2.05, 4.69) is 5.32 Å². The topological polar surface area (TPSA) is 96.0 Å². The summed E-state index contributed by atoms with van der Waals surface area (Å²) in [5.74, 6) is -0.0944. The van der Waals surface area contributed by atoms with Gasteiger partial charge in [-0.1, -0.05) is 50.1 Å². The molecule has 0 heterocycles. The summed E-state index contributed by atoms with van der Waals surface area (Å²) >= 11 is 6.23. The maximum absolute atomic E-state index is 13.7. The number of carbonyl (C=O) groups is 2. The van der Waals surface area contributed by atoms with Crippen LogP contribution in [0.5, 0.6) is 5.75 Å². The lowest BCUT2D eigenvalue weighted by Gasteiger charge is -2.33. The zero-order valence-electron chi connectivity index (χ0n) is 21.6. The molecule has 1 N–H and O–H groups in total. The molecule has 0 fully saturated rings. The lowest BCUT2D eigenvalue weighted by molar-refractivity contribution is -0.140. The number of carbonyl (C=O) groups excluding carboxylic acids is 2. The fraction of sp³-hybridized carbons (Fsp3) is 0.462. The second-order valence-electron chi connectivity index (χ2n) is 8.64. The highest BCUT2D eigenvalue weighted by Crippen LogP contribution is 2.25. The van der Waals surface area contributed by atoms with Crippen molar-refractivity contribution < 1.29 is 22.7 Å². The first-order valence-corrected chi connectivity index (χ1v) is 14.2. The monoisotopic (exact) mass is 537 g/mol. The lowest BCUT2D eigenvalue weighted by Crippen LogP contribution is -2.52. The highest BCUT2D eigenvalue weighted by atomic mass is 35.5. The van der Waals surface area contributed by atoms with Crippen LogP contribution in [-0.2, 0) is 26.2 Å². The number of nitrogens with one attached hydrogen (secondary N) is 1. The van der Waals surface area contributed by atoms with E-state index in [0.717, 1.165) is 34.5 Å². The summed E-state index contributed by atoms with van der Waals surface area (Å²) in [5, 5.41) is 3.29. The van der Waals surface area contributed by atoms with Crippen LogP contribution < -0.4 is 14.4 Å². The molecule has 0 saturated heterocycles. The zero-order valence-corrected chi connectivity index (χ0v) is 23.2. The summed E-state index contributed by atoms with van der Waals surface area (Å²) < 4.78 is 31.6. The first-order chi connectivity index (χ1) is 17.0. The van der Waals surface area contributed by atoms with E-state index in [9.17, 15) is 18.0 Å². The smallest absolute Gasteiger partial charge is 0.244 e. The molecule has 1 atom stereocenters. The second-order valence-corrected chi connectivity index (χ2v) is 11.0. The molecule has 198 valence electrons. The molecular weight excluding hydrogens is 502 g/mol. The summed E-state index contributed by atoms with van der Waals surface area (Å²) in [5.41, 5.74) is 1.86. The van der Waals surface area contributed by atoms with Crippen molar-refractivity contribution in [1.82, 2.24) is 10.2 Å². The molecule has 0 saturated carbocycles. The number of rotatable bonds is 13. The minimum absolute atomic E-state index is 0.134. The predicted molar refractivity (Wildman–Crippen MR) is 144 cm³/mol. The van der Waals surface area contributed by atoms with Crippen molar-refractivity contribution in [2.75, 3.05) is 30.8 Å². The first kappa shape index (κ1) is 29.5. The molecule has 0 bridgehead atoms. The van der Waals surface area contributed by atoms with E-state index in [0.29, 0.717) is 23.7 Å². The molecular formula is C26H36ClN3O5S. The molecule has 0 aromatic heterocycles. The van der Waals surface area contributed by atoms with E-state index in [-0.39, 0.29) is 18.1 Å². The SMILES string of the molecule is CCCCNC(=O)C(CC)N(Cc1ccc(OC)cc1)C(=O)CN(c1ccc(C)c(Cl)c1)S(C)(=O)=O. The number of nitrogens with zero attached hydrogens (tertiary/aromatic N) is 2. The van der Waals surface area contributed by atoms with Gasteiger partial charge in [-0.05, 0) is 55.2 Å². The van der Waals surface area contributed by atoms with Crippen LogP contribution in [0.2, 0.25) is 5.02 Å². The van der Waals surface area contributed by atoms with Crippen molar-refractivity contribution in [3.8, 4) is 5.75 Å². The zero-order chi connectivity index (χ0) is 26.9. The molecule has 2 rings (SSSR count). The second kappa shape index (κ2) is 13.5. The van der Waals surface area contributed by atoms with Crippen LogP contribution in [0, 0.1) is 6.92 Å². The van der Waals surface area contributed by atoms with Gasteiger partial charge in [-0.15, -0.1) is 0 Å². The average Bonchev–Trinajstić information content (AvgIpc) is 2.84. The van der Waals surface area contributed by atoms with Crippen LogP contribution in [0.25, 0.3) is 0 Å². The van der Waals surface area contributed by atoms with Crippen LogP contribution in [0.1, 0.15) is 44.2 Å². The van der Waals surface area contributed by atoms with Gasteiger partial charge in [0.25, 0.3) is 0 Å². The number of methoxy groups -OCH3 is 1. The van der Waals surface area contributed by atoms with Crippen molar-refractivity contribution in [1.29, 1.82) is 0 Å². The minimum atomic E-state index is -3.82. The number of aryl methyl sites for hydroxylation is 1. The number of hydrogen-bond donors (Lipinski definition) is 1. The van der Waals surface area contributed by atoms with Crippen molar-refractivity contribution in [3.63, 3.8) is 0 Å². The highest BCUT2D eigenvalue weighted by Gasteiger charge is 2.31. The van der Waals surface area contributed by atoms with Gasteiger partial charge in [-0.2, -0.15) is 0 Å². The predicted octanol–water partition coefficient (Wildman–Crippen LogP) is 4.15. The van der Waals surface area contributed by atoms with E-state index >= 15 is 0 Å². The van der Waals surface area contributed by atoms with E-state index in [1.807, 2.05) is 32.9 Å². The van der Waals surface area contributed by atoms with Gasteiger partial charge in [0.1, 0.15) is 18.3 Å². The quantitative estimate of drug-likeness (QED) is 0.387. The number of ether oxygens (including phenoxy) is 1. The largest absolute Gasteiger partial charge is 0.497 e. The third-order valence-electron chi connectivity index (χ3n) is 5.85. The standard InChI is InChI=1S/C26H36ClN3O5S/c1-6-8-15-28-26(32)24(7-2)29(17-20-10-13-22(35-4)14-11-20)25(31)18-30(36(5,33)34)21-12-9-19(3)23(27)16-21/h9-14,16,24H,6-8,15,17-18H2,1-5H3,(H,28,32). The van der Waals surface area contributed by atoms with Crippen LogP contribution in [0.4, 0.5) is 5.69 Å². The number of halogens is 1. The number of amides is 2. The first-order valence-electron chi connectivity index (χ1n) is 12.0. The van der Waals surface area contributed by atoms with Gasteiger partial charge in [0.2, 0.25) is 21.8 Å². The Morgan fingerprint density at radius 1 is 1.11 bits per heavy atom. The number of anilines is 1. The van der Waals surface area contributed by atoms with Gasteiger partial charge in [-0.3, -0.25) is 13.9 Å². The summed E-state index contributed by atoms with van der Waals surface area (Å²) in [6.45, 7) is 5.84. The Labute approximate surface area is 219 Å². The Kier molecular flexibility index (Phi) is 11.0. The van der Waals surface area contributed by atoms with Crippen molar-refractivity contribution in [2.45, 2.75) is 52.6 Å². The van der Waals surface area contributed by atoms with E-state index in [1.54, 1.807) is 31.4 Å². The highest BCUT2D eigenvalue weighted by molar-refractivity contribution is 7.92. The molecule has 1 unspecified atom stereocenters. The summed E-state index contributed by atoms with van der Waals surface area (Å²) in [7, 11) is -2.25. The van der Waals surface area contributed by atoms with Crippen LogP contribution in [-0.4, -0.2) is 57.6 Å². The van der Waals surface area contributed by atoms with Crippen molar-refractivity contribution in [3.05, 3.63) is 58.6 Å². The maximum atomic E-state index is 13.7. The molecule has 0 aliphatic carbocycles. The van der Waals surface area contributed by atoms with E-state index in [4.69, 9.17) is 16.3 Å². The molecule has 0 spiro atoms. The number of sulfonamides is 1. The number of unbranched alkanes of at least 4 members (excludes halogenated alkanes) is 1. The normalized spacial score (nSPS) is 12.1. The molecule has 36 heavy (non-hydrogen) atoms. The van der Waals surface area contributed by atoms with Gasteiger partial charge in [0.05, 0.1) is 19.1 Å². The van der Waals surface area contributed by atoms with Gasteiger partial charge in [0, 0.05) is 18.1 Å². The molecule has 2 amide bonds. The fourth-order valence-electron chi connectivity index (χ4n) is 3.70. The van der Waals surface area contributed by atoms with Crippen LogP contribution >= 0.6 is 11.6 Å². The van der Waals surface area contributed by atoms with Gasteiger partial charge >= 0.3 is 0 Å². The average molecular weight is 538 g/mol. The third kappa shape index (κ3) is 8.13. The molecule has 0 aliphatic rings. The van der Waals surface area contributed by atoms with Gasteiger partial charge in [0.15, 0.2) is 0 Å². The molecule has 2 aromatic carbocycles. The van der Waals surface area contributed by atoms with Crippen molar-refractivity contribution >= 4 is 39.1 Å². The summed E-state index contributed by atoms with van der Waals surface area (Å²) in [6.07, 6.45) is 3.16. The minimum Gasteiger partial charge on any atom is -0.497 e. The molecule has 8 nitrogen and oxygen atoms in total. The van der Waals surface area contributed by atoms with Gasteiger partial charge < -0.3 is 15.0 Å². The molecule has 2 aromatic rings. The number of benzene rings is 2. The molecule has 10 heteroatoms. The van der Waals surface area contributed by atoms with E-state index < -0.39 is 28.5 Å². The van der Waals surface area contributed by atoms with Crippen LogP contribution in [0.15, 0.2) is 42.5 Å². The summed E-state index contributed by atoms with van der Waals surface area (Å²) in [4.78, 5) is 28.2. The fourth-order valence-corrected chi connectivity index (χ4v) is 4.72. The Morgan fingerprint density at radius 3 is 2.31 bits per heavy atom. The van der Waals surface area contributed by atoms with Crippen molar-refractivity contribution in [2.24, 2.45) is 0 Å². The maximum Gasteiger partial charge on any atom is 0.244 e. The Balaban J connectivity index is 2.42. The van der Waals surface area contributed by atoms with Crippen LogP contribution in [0.3, 0.4) is 0 Å². The molecule has 0 radical (unpaired) electrons. The Hall–Kier alpha value is -2.78. The van der Waals surface area contributed by atoms with E-state index in [1.165, 1.54) is 11.0 Å². The Morgan fingerprint density at radius 2 is 1.78 bits per heavy atom.